The Morgan fingerprint density at radius 3 is 1.47 bits per heavy atom. The van der Waals surface area contributed by atoms with Gasteiger partial charge in [0.15, 0.2) is 0 Å². The normalized spacial score (nSPS) is 12.1. The zero-order chi connectivity index (χ0) is 12.7. The molecule has 0 aromatic heterocycles. The van der Waals surface area contributed by atoms with E-state index in [0.717, 1.165) is 6.08 Å². The lowest BCUT2D eigenvalue weighted by molar-refractivity contribution is -0.131. The van der Waals surface area contributed by atoms with Crippen LogP contribution in [0.5, 0.6) is 0 Å². The van der Waals surface area contributed by atoms with Gasteiger partial charge < -0.3 is 24.7 Å². The van der Waals surface area contributed by atoms with Gasteiger partial charge in [0.25, 0.3) is 0 Å². The van der Waals surface area contributed by atoms with Crippen molar-refractivity contribution in [2.45, 2.75) is 6.92 Å². The Bertz CT molecular complexity index is 288. The van der Waals surface area contributed by atoms with E-state index in [-0.39, 0.29) is 0 Å². The minimum absolute atomic E-state index is 0.891. The number of carbonyl (C=O) groups is 1. The van der Waals surface area contributed by atoms with Gasteiger partial charge in [-0.25, -0.2) is 13.9 Å². The van der Waals surface area contributed by atoms with Crippen molar-refractivity contribution in [3.8, 4) is 0 Å². The van der Waals surface area contributed by atoms with E-state index in [1.807, 2.05) is 0 Å². The highest BCUT2D eigenvalue weighted by molar-refractivity contribution is 7.60. The molecule has 0 bridgehead atoms. The van der Waals surface area contributed by atoms with Crippen molar-refractivity contribution in [2.75, 3.05) is 0 Å². The average Bonchev–Trinajstić information content (AvgIpc) is 1.77. The Balaban J connectivity index is 0. The summed E-state index contributed by atoms with van der Waals surface area (Å²) >= 11 is 0. The SMILES string of the molecule is C/C=C/C(=O)O.O=P(O)(O)OP(=O)(O)O. The molecule has 0 atom stereocenters. The van der Waals surface area contributed by atoms with Crippen molar-refractivity contribution >= 4 is 21.6 Å². The predicted molar refractivity (Wildman–Crippen MR) is 47.6 cm³/mol. The molecular weight excluding hydrogens is 254 g/mol. The van der Waals surface area contributed by atoms with Gasteiger partial charge >= 0.3 is 21.6 Å². The molecule has 15 heavy (non-hydrogen) atoms. The third-order valence-corrected chi connectivity index (χ3v) is 2.22. The Morgan fingerprint density at radius 2 is 1.47 bits per heavy atom. The van der Waals surface area contributed by atoms with Crippen LogP contribution in [0.4, 0.5) is 0 Å². The molecule has 0 aromatic carbocycles. The summed E-state index contributed by atoms with van der Waals surface area (Å²) in [6.07, 6.45) is 2.56. The van der Waals surface area contributed by atoms with E-state index in [1.54, 1.807) is 6.92 Å². The molecule has 0 saturated carbocycles. The molecule has 0 amide bonds. The first-order valence-corrected chi connectivity index (χ1v) is 6.22. The van der Waals surface area contributed by atoms with Gasteiger partial charge in [0.05, 0.1) is 0 Å². The standard InChI is InChI=1S/C4H6O2.H4O7P2/c1-2-3-4(5)6;1-8(2,3)7-9(4,5)6/h2-3H,1H3,(H,5,6);(H2,1,2,3)(H2,4,5,6)/b3-2+;. The van der Waals surface area contributed by atoms with Crippen LogP contribution in [0, 0.1) is 0 Å². The number of carboxylic acids is 1. The van der Waals surface area contributed by atoms with Crippen molar-refractivity contribution in [3.05, 3.63) is 12.2 Å². The van der Waals surface area contributed by atoms with Crippen LogP contribution in [0.25, 0.3) is 0 Å². The molecule has 0 radical (unpaired) electrons. The first kappa shape index (κ1) is 16.9. The Kier molecular flexibility index (Phi) is 7.72. The van der Waals surface area contributed by atoms with Gasteiger partial charge in [-0.3, -0.25) is 0 Å². The molecule has 0 unspecified atom stereocenters. The zero-order valence-electron chi connectivity index (χ0n) is 7.42. The molecule has 0 spiro atoms. The summed E-state index contributed by atoms with van der Waals surface area (Å²) in [5.41, 5.74) is 0. The second-order valence-electron chi connectivity index (χ2n) is 1.90. The minimum atomic E-state index is -5.05. The molecule has 0 saturated heterocycles. The number of carboxylic acid groups (broad SMARTS) is 1. The maximum Gasteiger partial charge on any atom is 0.478 e. The molecule has 0 aliphatic carbocycles. The van der Waals surface area contributed by atoms with Crippen molar-refractivity contribution in [2.24, 2.45) is 0 Å². The summed E-state index contributed by atoms with van der Waals surface area (Å²) in [5.74, 6) is -0.891. The lowest BCUT2D eigenvalue weighted by Crippen LogP contribution is -1.84. The van der Waals surface area contributed by atoms with E-state index in [2.05, 4.69) is 4.31 Å². The second-order valence-corrected chi connectivity index (χ2v) is 4.52. The molecule has 0 aromatic rings. The highest BCUT2D eigenvalue weighted by atomic mass is 31.3. The lowest BCUT2D eigenvalue weighted by atomic mass is 10.5. The summed E-state index contributed by atoms with van der Waals surface area (Å²) in [7, 11) is -10.1. The van der Waals surface area contributed by atoms with E-state index in [1.165, 1.54) is 6.08 Å². The van der Waals surface area contributed by atoms with Gasteiger partial charge in [0.1, 0.15) is 0 Å². The van der Waals surface area contributed by atoms with Gasteiger partial charge in [-0.2, -0.15) is 4.31 Å². The summed E-state index contributed by atoms with van der Waals surface area (Å²) in [6, 6.07) is 0. The fourth-order valence-corrected chi connectivity index (χ4v) is 1.39. The Hall–Kier alpha value is -0.530. The molecule has 0 aliphatic heterocycles. The van der Waals surface area contributed by atoms with Gasteiger partial charge in [0.2, 0.25) is 0 Å². The van der Waals surface area contributed by atoms with Gasteiger partial charge in [0, 0.05) is 6.08 Å². The number of allylic oxidation sites excluding steroid dienone is 1. The third kappa shape index (κ3) is 24.7. The van der Waals surface area contributed by atoms with Crippen molar-refractivity contribution < 1.29 is 42.9 Å². The van der Waals surface area contributed by atoms with Crippen LogP contribution in [-0.2, 0) is 18.2 Å². The van der Waals surface area contributed by atoms with Crippen molar-refractivity contribution in [1.29, 1.82) is 0 Å². The topological polar surface area (TPSA) is 162 Å². The van der Waals surface area contributed by atoms with Crippen LogP contribution in [0.1, 0.15) is 6.92 Å². The highest BCUT2D eigenvalue weighted by Gasteiger charge is 2.27. The Morgan fingerprint density at radius 1 is 1.13 bits per heavy atom. The smallest absolute Gasteiger partial charge is 0.478 e. The van der Waals surface area contributed by atoms with Crippen molar-refractivity contribution in [3.63, 3.8) is 0 Å². The molecular formula is C4H10O9P2. The first-order chi connectivity index (χ1) is 6.48. The fraction of sp³-hybridized carbons (Fsp3) is 0.250. The number of phosphoric acid groups is 2. The van der Waals surface area contributed by atoms with Gasteiger partial charge in [-0.15, -0.1) is 0 Å². The minimum Gasteiger partial charge on any atom is -0.478 e. The fourth-order valence-electron chi connectivity index (χ4n) is 0.281. The second kappa shape index (κ2) is 6.86. The number of rotatable bonds is 3. The zero-order valence-corrected chi connectivity index (χ0v) is 9.21. The van der Waals surface area contributed by atoms with Crippen LogP contribution in [0.2, 0.25) is 0 Å². The predicted octanol–water partition coefficient (Wildman–Crippen LogP) is -0.165. The average molecular weight is 264 g/mol. The molecule has 90 valence electrons. The summed E-state index contributed by atoms with van der Waals surface area (Å²) in [6.45, 7) is 1.66. The van der Waals surface area contributed by atoms with Crippen LogP contribution < -0.4 is 0 Å². The third-order valence-electron chi connectivity index (χ3n) is 0.522. The first-order valence-electron chi connectivity index (χ1n) is 3.16. The van der Waals surface area contributed by atoms with Crippen LogP contribution in [0.15, 0.2) is 12.2 Å². The van der Waals surface area contributed by atoms with E-state index in [4.69, 9.17) is 24.7 Å². The molecule has 9 nitrogen and oxygen atoms in total. The quantitative estimate of drug-likeness (QED) is 0.344. The summed E-state index contributed by atoms with van der Waals surface area (Å²) in [5, 5.41) is 7.83. The highest BCUT2D eigenvalue weighted by Crippen LogP contribution is 2.53. The molecule has 0 fully saturated rings. The Labute approximate surface area is 84.5 Å². The van der Waals surface area contributed by atoms with E-state index >= 15 is 0 Å². The van der Waals surface area contributed by atoms with Gasteiger partial charge in [-0.1, -0.05) is 6.08 Å². The summed E-state index contributed by atoms with van der Waals surface area (Å²) in [4.78, 5) is 40.5. The maximum absolute atomic E-state index is 9.63. The number of aliphatic carboxylic acids is 1. The molecule has 11 heteroatoms. The largest absolute Gasteiger partial charge is 0.478 e. The molecule has 0 rings (SSSR count). The van der Waals surface area contributed by atoms with E-state index in [0.29, 0.717) is 0 Å². The summed E-state index contributed by atoms with van der Waals surface area (Å²) < 4.78 is 22.2. The van der Waals surface area contributed by atoms with Crippen LogP contribution in [-0.4, -0.2) is 30.6 Å². The van der Waals surface area contributed by atoms with Crippen LogP contribution >= 0.6 is 15.6 Å². The lowest BCUT2D eigenvalue weighted by Gasteiger charge is -2.03. The maximum atomic E-state index is 9.63. The van der Waals surface area contributed by atoms with Crippen LogP contribution in [0.3, 0.4) is 0 Å². The number of hydrogen-bond acceptors (Lipinski definition) is 4. The molecule has 5 N–H and O–H groups in total. The van der Waals surface area contributed by atoms with E-state index in [9.17, 15) is 13.9 Å². The molecule has 0 aliphatic rings. The number of hydrogen-bond donors (Lipinski definition) is 5. The monoisotopic (exact) mass is 264 g/mol. The molecule has 0 heterocycles. The van der Waals surface area contributed by atoms with Gasteiger partial charge in [-0.05, 0) is 6.92 Å². The van der Waals surface area contributed by atoms with E-state index < -0.39 is 21.6 Å². The van der Waals surface area contributed by atoms with Crippen molar-refractivity contribution in [1.82, 2.24) is 0 Å².